The predicted molar refractivity (Wildman–Crippen MR) is 143 cm³/mol. The highest BCUT2D eigenvalue weighted by atomic mass is 35.5. The molecule has 1 aliphatic rings. The van der Waals surface area contributed by atoms with Crippen molar-refractivity contribution in [3.05, 3.63) is 40.4 Å². The topological polar surface area (TPSA) is 141 Å². The molecule has 12 nitrogen and oxygen atoms in total. The number of rotatable bonds is 8. The van der Waals surface area contributed by atoms with Crippen LogP contribution in [0.5, 0.6) is 5.75 Å². The maximum absolute atomic E-state index is 12.2. The summed E-state index contributed by atoms with van der Waals surface area (Å²) in [6, 6.07) is 3.13. The Morgan fingerprint density at radius 1 is 1.26 bits per heavy atom. The van der Waals surface area contributed by atoms with Crippen molar-refractivity contribution in [1.29, 1.82) is 0 Å². The van der Waals surface area contributed by atoms with Gasteiger partial charge in [0.2, 0.25) is 0 Å². The van der Waals surface area contributed by atoms with Crippen LogP contribution < -0.4 is 10.1 Å². The maximum atomic E-state index is 12.2. The molecule has 0 aliphatic carbocycles. The van der Waals surface area contributed by atoms with Gasteiger partial charge in [-0.3, -0.25) is 9.50 Å². The average molecular weight is 585 g/mol. The first kappa shape index (κ1) is 28.0. The van der Waals surface area contributed by atoms with Crippen LogP contribution >= 0.6 is 35.4 Å². The molecule has 204 valence electrons. The normalized spacial score (nSPS) is 15.6. The minimum absolute atomic E-state index is 0.209. The minimum Gasteiger partial charge on any atom is -0.493 e. The number of aromatic nitrogens is 4. The zero-order chi connectivity index (χ0) is 27.4. The van der Waals surface area contributed by atoms with Gasteiger partial charge < -0.3 is 19.1 Å². The highest BCUT2D eigenvalue weighted by molar-refractivity contribution is 7.93. The molecule has 2 aromatic heterocycles. The van der Waals surface area contributed by atoms with Gasteiger partial charge in [0, 0.05) is 5.56 Å². The Labute approximate surface area is 232 Å². The van der Waals surface area contributed by atoms with Crippen LogP contribution in [0.4, 0.5) is 15.4 Å². The fourth-order valence-corrected chi connectivity index (χ4v) is 4.78. The van der Waals surface area contributed by atoms with Gasteiger partial charge >= 0.3 is 12.2 Å². The first-order valence-corrected chi connectivity index (χ1v) is 13.1. The molecule has 0 spiro atoms. The summed E-state index contributed by atoms with van der Waals surface area (Å²) >= 11 is 13.7. The van der Waals surface area contributed by atoms with E-state index in [0.717, 1.165) is 12.2 Å². The second-order valence-corrected chi connectivity index (χ2v) is 10.9. The fraction of sp³-hybridized carbons (Fsp3) is 0.435. The number of imidazole rings is 1. The molecule has 0 bridgehead atoms. The third kappa shape index (κ3) is 6.70. The molecule has 15 heteroatoms. The lowest BCUT2D eigenvalue weighted by Crippen LogP contribution is -2.31. The summed E-state index contributed by atoms with van der Waals surface area (Å²) in [5, 5.41) is 12.5. The van der Waals surface area contributed by atoms with Gasteiger partial charge in [-0.1, -0.05) is 23.2 Å². The van der Waals surface area contributed by atoms with Crippen LogP contribution in [-0.2, 0) is 15.5 Å². The predicted octanol–water partition coefficient (Wildman–Crippen LogP) is 5.63. The number of carbonyl (C=O) groups excluding carboxylic acids is 1. The standard InChI is InChI=1S/C23H26Cl2N6O6S/c1-23(2,3)37-21(32)29-19-18-20(27-11-26-19)30(12-28-18)9-14-16(7-6-15(24)17(14)25)35-8-4-5-13-10-36-38-31(13)22(33)34/h6-7,11-13H,4-5,8-10H2,1-3H3,(H,33,34)(H,26,27,29,32)/t13-/m1/s1. The van der Waals surface area contributed by atoms with Gasteiger partial charge in [0.05, 0.1) is 42.2 Å². The molecule has 1 aromatic carbocycles. The van der Waals surface area contributed by atoms with Crippen LogP contribution in [-0.4, -0.2) is 66.0 Å². The zero-order valence-electron chi connectivity index (χ0n) is 20.8. The van der Waals surface area contributed by atoms with E-state index in [1.165, 1.54) is 10.6 Å². The summed E-state index contributed by atoms with van der Waals surface area (Å²) in [5.41, 5.74) is 0.777. The summed E-state index contributed by atoms with van der Waals surface area (Å²) in [6.45, 7) is 6.17. The molecule has 3 aromatic rings. The Hall–Kier alpha value is -3.00. The number of halogens is 2. The lowest BCUT2D eigenvalue weighted by atomic mass is 10.1. The molecular formula is C23H26Cl2N6O6S. The smallest absolute Gasteiger partial charge is 0.419 e. The highest BCUT2D eigenvalue weighted by Gasteiger charge is 2.31. The highest BCUT2D eigenvalue weighted by Crippen LogP contribution is 2.35. The van der Waals surface area contributed by atoms with Gasteiger partial charge in [0.1, 0.15) is 29.9 Å². The van der Waals surface area contributed by atoms with Gasteiger partial charge in [0.25, 0.3) is 0 Å². The van der Waals surface area contributed by atoms with E-state index >= 15 is 0 Å². The van der Waals surface area contributed by atoms with Crippen molar-refractivity contribution in [2.24, 2.45) is 0 Å². The Bertz CT molecular complexity index is 1330. The number of nitrogens with zero attached hydrogens (tertiary/aromatic N) is 5. The molecule has 2 N–H and O–H groups in total. The molecule has 3 heterocycles. The van der Waals surface area contributed by atoms with E-state index in [0.29, 0.717) is 58.6 Å². The van der Waals surface area contributed by atoms with Crippen molar-refractivity contribution in [2.75, 3.05) is 18.5 Å². The number of carbonyl (C=O) groups is 2. The van der Waals surface area contributed by atoms with Crippen molar-refractivity contribution < 1.29 is 28.4 Å². The first-order valence-electron chi connectivity index (χ1n) is 11.6. The number of carboxylic acid groups (broad SMARTS) is 1. The Morgan fingerprint density at radius 3 is 2.79 bits per heavy atom. The van der Waals surface area contributed by atoms with E-state index in [9.17, 15) is 14.7 Å². The van der Waals surface area contributed by atoms with Crippen molar-refractivity contribution in [3.63, 3.8) is 0 Å². The zero-order valence-corrected chi connectivity index (χ0v) is 23.1. The molecular weight excluding hydrogens is 559 g/mol. The first-order chi connectivity index (χ1) is 18.0. The molecule has 0 unspecified atom stereocenters. The van der Waals surface area contributed by atoms with E-state index in [1.807, 2.05) is 0 Å². The molecule has 4 rings (SSSR count). The molecule has 1 fully saturated rings. The van der Waals surface area contributed by atoms with Crippen LogP contribution in [0.25, 0.3) is 11.2 Å². The third-order valence-electron chi connectivity index (χ3n) is 5.35. The molecule has 0 radical (unpaired) electrons. The maximum Gasteiger partial charge on any atom is 0.419 e. The van der Waals surface area contributed by atoms with Crippen molar-refractivity contribution in [1.82, 2.24) is 23.8 Å². The van der Waals surface area contributed by atoms with E-state index in [4.69, 9.17) is 36.9 Å². The van der Waals surface area contributed by atoms with Crippen LogP contribution in [0.2, 0.25) is 10.0 Å². The molecule has 0 saturated carbocycles. The van der Waals surface area contributed by atoms with E-state index in [2.05, 4.69) is 20.3 Å². The molecule has 2 amide bonds. The van der Waals surface area contributed by atoms with E-state index in [1.54, 1.807) is 43.8 Å². The number of ether oxygens (including phenoxy) is 2. The van der Waals surface area contributed by atoms with Gasteiger partial charge in [-0.25, -0.2) is 28.8 Å². The SMILES string of the molecule is CC(C)(C)OC(=O)Nc1ncnc2c1ncn2Cc1c(OCCC[C@@H]2COSN2C(=O)O)ccc(Cl)c1Cl. The molecule has 1 atom stereocenters. The second kappa shape index (κ2) is 11.8. The van der Waals surface area contributed by atoms with Gasteiger partial charge in [-0.05, 0) is 45.7 Å². The summed E-state index contributed by atoms with van der Waals surface area (Å²) in [7, 11) is 0. The lowest BCUT2D eigenvalue weighted by molar-refractivity contribution is 0.0635. The van der Waals surface area contributed by atoms with Crippen molar-refractivity contribution in [3.8, 4) is 5.75 Å². The second-order valence-electron chi connectivity index (χ2n) is 9.34. The third-order valence-corrected chi connectivity index (χ3v) is 7.05. The Morgan fingerprint density at radius 2 is 2.05 bits per heavy atom. The number of hydrogen-bond donors (Lipinski definition) is 2. The Balaban J connectivity index is 1.48. The van der Waals surface area contributed by atoms with E-state index < -0.39 is 17.8 Å². The summed E-state index contributed by atoms with van der Waals surface area (Å²) in [6.07, 6.45) is 2.35. The average Bonchev–Trinajstić information content (AvgIpc) is 3.47. The number of hydrogen-bond acceptors (Lipinski definition) is 9. The van der Waals surface area contributed by atoms with Crippen LogP contribution in [0.3, 0.4) is 0 Å². The molecule has 1 aliphatic heterocycles. The summed E-state index contributed by atoms with van der Waals surface area (Å²) in [5.74, 6) is 0.732. The van der Waals surface area contributed by atoms with E-state index in [-0.39, 0.29) is 18.4 Å². The van der Waals surface area contributed by atoms with Gasteiger partial charge in [-0.2, -0.15) is 0 Å². The summed E-state index contributed by atoms with van der Waals surface area (Å²) in [4.78, 5) is 36.3. The monoisotopic (exact) mass is 584 g/mol. The number of anilines is 1. The Kier molecular flexibility index (Phi) is 8.71. The van der Waals surface area contributed by atoms with Crippen LogP contribution in [0, 0.1) is 0 Å². The quantitative estimate of drug-likeness (QED) is 0.194. The van der Waals surface area contributed by atoms with Gasteiger partial charge in [0.15, 0.2) is 17.0 Å². The number of amides is 2. The van der Waals surface area contributed by atoms with Gasteiger partial charge in [-0.15, -0.1) is 0 Å². The number of nitrogens with one attached hydrogen (secondary N) is 1. The van der Waals surface area contributed by atoms with Crippen molar-refractivity contribution >= 4 is 64.6 Å². The molecule has 1 saturated heterocycles. The van der Waals surface area contributed by atoms with Crippen LogP contribution in [0.1, 0.15) is 39.2 Å². The number of fused-ring (bicyclic) bond motifs is 1. The lowest BCUT2D eigenvalue weighted by Gasteiger charge is -2.19. The van der Waals surface area contributed by atoms with Crippen LogP contribution in [0.15, 0.2) is 24.8 Å². The minimum atomic E-state index is -1.04. The largest absolute Gasteiger partial charge is 0.493 e. The van der Waals surface area contributed by atoms with Crippen molar-refractivity contribution in [2.45, 2.75) is 51.8 Å². The molecule has 38 heavy (non-hydrogen) atoms. The number of benzene rings is 1. The summed E-state index contributed by atoms with van der Waals surface area (Å²) < 4.78 is 19.4. The fourth-order valence-electron chi connectivity index (χ4n) is 3.70.